The van der Waals surface area contributed by atoms with Crippen LogP contribution in [0.2, 0.25) is 0 Å². The first-order valence-electron chi connectivity index (χ1n) is 10.8. The second-order valence-electron chi connectivity index (χ2n) is 8.51. The average molecular weight is 463 g/mol. The maximum absolute atomic E-state index is 12.5. The molecule has 3 N–H and O–H groups in total. The van der Waals surface area contributed by atoms with E-state index in [0.29, 0.717) is 19.3 Å². The molecule has 3 rings (SSSR count). The van der Waals surface area contributed by atoms with Crippen LogP contribution in [0.3, 0.4) is 0 Å². The number of unbranched alkanes of at least 4 members (excludes halogenated alkanes) is 1. The molecule has 4 atom stereocenters. The van der Waals surface area contributed by atoms with Gasteiger partial charge in [0.05, 0.1) is 13.2 Å². The van der Waals surface area contributed by atoms with Gasteiger partial charge in [0.2, 0.25) is 5.91 Å². The van der Waals surface area contributed by atoms with E-state index in [-0.39, 0.29) is 36.8 Å². The molecular weight excluding hydrogens is 434 g/mol. The standard InChI is InChI=1S/C22H29N3O8/c1-13(27)7-4-5-9-16(28)23-10-6-8-14-11-25(21(30)24-19(14)29)20-18-17(15(12-26)31-20)32-22(2,3)33-18/h11,15,17-18,20,26H,4-5,7,9-10,12H2,1-3H3,(H,23,28)(H,24,29,30). The number of amides is 1. The van der Waals surface area contributed by atoms with Crippen molar-refractivity contribution in [3.05, 3.63) is 32.6 Å². The Balaban J connectivity index is 1.67. The van der Waals surface area contributed by atoms with Crippen molar-refractivity contribution < 1.29 is 28.9 Å². The molecule has 0 aromatic carbocycles. The van der Waals surface area contributed by atoms with Crippen LogP contribution < -0.4 is 16.6 Å². The molecule has 2 aliphatic heterocycles. The largest absolute Gasteiger partial charge is 0.394 e. The van der Waals surface area contributed by atoms with E-state index in [0.717, 1.165) is 4.57 Å². The maximum atomic E-state index is 12.5. The molecule has 2 fully saturated rings. The number of rotatable bonds is 8. The van der Waals surface area contributed by atoms with E-state index in [1.807, 2.05) is 0 Å². The lowest BCUT2D eigenvalue weighted by Crippen LogP contribution is -2.38. The van der Waals surface area contributed by atoms with E-state index in [1.54, 1.807) is 13.8 Å². The highest BCUT2D eigenvalue weighted by atomic mass is 16.8. The molecule has 1 aromatic heterocycles. The number of aliphatic hydroxyl groups is 1. The fraction of sp³-hybridized carbons (Fsp3) is 0.636. The van der Waals surface area contributed by atoms with Crippen LogP contribution in [0.4, 0.5) is 0 Å². The molecule has 180 valence electrons. The van der Waals surface area contributed by atoms with Gasteiger partial charge >= 0.3 is 5.69 Å². The van der Waals surface area contributed by atoms with Crippen molar-refractivity contribution in [2.75, 3.05) is 13.2 Å². The first-order valence-corrected chi connectivity index (χ1v) is 10.8. The van der Waals surface area contributed by atoms with Crippen LogP contribution in [0.5, 0.6) is 0 Å². The van der Waals surface area contributed by atoms with Gasteiger partial charge in [-0.2, -0.15) is 0 Å². The van der Waals surface area contributed by atoms with Crippen molar-refractivity contribution in [1.29, 1.82) is 0 Å². The zero-order chi connectivity index (χ0) is 24.2. The minimum atomic E-state index is -0.923. The molecule has 2 saturated heterocycles. The fourth-order valence-corrected chi connectivity index (χ4v) is 3.82. The lowest BCUT2D eigenvalue weighted by molar-refractivity contribution is -0.200. The third-order valence-corrected chi connectivity index (χ3v) is 5.33. The normalized spacial score (nSPS) is 25.2. The number of nitrogens with one attached hydrogen (secondary N) is 2. The van der Waals surface area contributed by atoms with Gasteiger partial charge < -0.3 is 29.4 Å². The molecular formula is C22H29N3O8. The highest BCUT2D eigenvalue weighted by Crippen LogP contribution is 2.42. The highest BCUT2D eigenvalue weighted by Gasteiger charge is 2.55. The monoisotopic (exact) mass is 463 g/mol. The number of H-pyrrole nitrogens is 1. The van der Waals surface area contributed by atoms with E-state index in [9.17, 15) is 24.3 Å². The number of aromatic nitrogens is 2. The summed E-state index contributed by atoms with van der Waals surface area (Å²) in [6.45, 7) is 4.66. The molecule has 11 heteroatoms. The Bertz CT molecular complexity index is 1060. The summed E-state index contributed by atoms with van der Waals surface area (Å²) in [6.07, 6.45) is 0.405. The maximum Gasteiger partial charge on any atom is 0.330 e. The van der Waals surface area contributed by atoms with Crippen molar-refractivity contribution in [3.63, 3.8) is 0 Å². The van der Waals surface area contributed by atoms with Gasteiger partial charge in [-0.05, 0) is 33.6 Å². The number of hydrogen-bond acceptors (Lipinski definition) is 8. The minimum Gasteiger partial charge on any atom is -0.394 e. The third kappa shape index (κ3) is 6.17. The predicted octanol–water partition coefficient (Wildman–Crippen LogP) is -0.436. The zero-order valence-electron chi connectivity index (χ0n) is 18.9. The van der Waals surface area contributed by atoms with Crippen molar-refractivity contribution >= 4 is 11.7 Å². The second kappa shape index (κ2) is 10.4. The Kier molecular flexibility index (Phi) is 7.86. The average Bonchev–Trinajstić information content (AvgIpc) is 3.22. The number of Topliss-reactive ketones (excluding diaryl/α,β-unsaturated/α-hetero) is 1. The molecule has 3 heterocycles. The van der Waals surface area contributed by atoms with Crippen molar-refractivity contribution in [3.8, 4) is 11.8 Å². The molecule has 33 heavy (non-hydrogen) atoms. The van der Waals surface area contributed by atoms with Gasteiger partial charge in [-0.25, -0.2) is 4.79 Å². The number of fused-ring (bicyclic) bond motifs is 1. The number of aromatic amines is 1. The predicted molar refractivity (Wildman–Crippen MR) is 115 cm³/mol. The topological polar surface area (TPSA) is 149 Å². The van der Waals surface area contributed by atoms with Crippen LogP contribution in [0, 0.1) is 11.8 Å². The number of hydrogen-bond donors (Lipinski definition) is 3. The highest BCUT2D eigenvalue weighted by molar-refractivity contribution is 5.77. The van der Waals surface area contributed by atoms with Crippen molar-refractivity contribution in [2.45, 2.75) is 76.8 Å². The second-order valence-corrected chi connectivity index (χ2v) is 8.51. The van der Waals surface area contributed by atoms with Gasteiger partial charge in [0.1, 0.15) is 29.7 Å². The Labute approximate surface area is 190 Å². The zero-order valence-corrected chi connectivity index (χ0v) is 18.9. The van der Waals surface area contributed by atoms with Crippen LogP contribution in [-0.4, -0.2) is 63.6 Å². The summed E-state index contributed by atoms with van der Waals surface area (Å²) in [5, 5.41) is 12.2. The van der Waals surface area contributed by atoms with E-state index in [4.69, 9.17) is 14.2 Å². The molecule has 0 saturated carbocycles. The number of ketones is 1. The van der Waals surface area contributed by atoms with E-state index in [1.165, 1.54) is 13.1 Å². The van der Waals surface area contributed by atoms with Crippen LogP contribution >= 0.6 is 0 Å². The van der Waals surface area contributed by atoms with Crippen molar-refractivity contribution in [1.82, 2.24) is 14.9 Å². The Morgan fingerprint density at radius 1 is 1.21 bits per heavy atom. The number of ether oxygens (including phenoxy) is 3. The van der Waals surface area contributed by atoms with Gasteiger partial charge in [0.15, 0.2) is 12.0 Å². The van der Waals surface area contributed by atoms with Gasteiger partial charge in [-0.3, -0.25) is 19.1 Å². The summed E-state index contributed by atoms with van der Waals surface area (Å²) in [7, 11) is 0. The van der Waals surface area contributed by atoms with Gasteiger partial charge in [-0.15, -0.1) is 0 Å². The summed E-state index contributed by atoms with van der Waals surface area (Å²) in [6, 6.07) is 0. The van der Waals surface area contributed by atoms with Crippen LogP contribution in [0.15, 0.2) is 15.8 Å². The molecule has 2 aliphatic rings. The van der Waals surface area contributed by atoms with Crippen molar-refractivity contribution in [2.24, 2.45) is 0 Å². The molecule has 0 spiro atoms. The van der Waals surface area contributed by atoms with E-state index in [2.05, 4.69) is 22.1 Å². The summed E-state index contributed by atoms with van der Waals surface area (Å²) in [5.41, 5.74) is -1.37. The van der Waals surface area contributed by atoms with Crippen LogP contribution in [0.1, 0.15) is 58.2 Å². The Hall–Kier alpha value is -2.78. The number of nitrogens with zero attached hydrogens (tertiary/aromatic N) is 1. The molecule has 11 nitrogen and oxygen atoms in total. The molecule has 0 radical (unpaired) electrons. The Morgan fingerprint density at radius 2 is 1.91 bits per heavy atom. The Morgan fingerprint density at radius 3 is 2.61 bits per heavy atom. The third-order valence-electron chi connectivity index (χ3n) is 5.33. The van der Waals surface area contributed by atoms with Gasteiger partial charge in [-0.1, -0.05) is 11.8 Å². The van der Waals surface area contributed by atoms with Gasteiger partial charge in [0, 0.05) is 19.0 Å². The molecule has 1 amide bonds. The lowest BCUT2D eigenvalue weighted by atomic mass is 10.1. The van der Waals surface area contributed by atoms with Crippen LogP contribution in [0.25, 0.3) is 0 Å². The fourth-order valence-electron chi connectivity index (χ4n) is 3.82. The smallest absolute Gasteiger partial charge is 0.330 e. The summed E-state index contributed by atoms with van der Waals surface area (Å²) >= 11 is 0. The molecule has 0 aliphatic carbocycles. The van der Waals surface area contributed by atoms with E-state index >= 15 is 0 Å². The lowest BCUT2D eigenvalue weighted by Gasteiger charge is -2.24. The molecule has 1 aromatic rings. The van der Waals surface area contributed by atoms with Gasteiger partial charge in [0.25, 0.3) is 5.56 Å². The summed E-state index contributed by atoms with van der Waals surface area (Å²) in [5.74, 6) is 4.32. The van der Waals surface area contributed by atoms with E-state index < -0.39 is 41.6 Å². The number of carbonyl (C=O) groups excluding carboxylic acids is 2. The number of carbonyl (C=O) groups is 2. The van der Waals surface area contributed by atoms with Crippen LogP contribution in [-0.2, 0) is 23.8 Å². The summed E-state index contributed by atoms with van der Waals surface area (Å²) < 4.78 is 18.6. The first kappa shape index (κ1) is 24.9. The minimum absolute atomic E-state index is 0.0103. The molecule has 4 unspecified atom stereocenters. The first-order chi connectivity index (χ1) is 15.6. The number of aliphatic hydroxyl groups excluding tert-OH is 1. The SMILES string of the molecule is CC(=O)CCCCC(=O)NCC#Cc1cn(C2OC(CO)C3OC(C)(C)OC32)c(=O)[nH]c1=O. The summed E-state index contributed by atoms with van der Waals surface area (Å²) in [4.78, 5) is 49.6. The quantitative estimate of drug-likeness (QED) is 0.347. The molecule has 0 bridgehead atoms.